The predicted octanol–water partition coefficient (Wildman–Crippen LogP) is 3.27. The van der Waals surface area contributed by atoms with Crippen LogP contribution in [-0.4, -0.2) is 18.2 Å². The number of carbonyl (C=O) groups excluding carboxylic acids is 2. The minimum absolute atomic E-state index is 0.314. The first-order valence-corrected chi connectivity index (χ1v) is 8.02. The van der Waals surface area contributed by atoms with E-state index in [0.717, 1.165) is 35.2 Å². The van der Waals surface area contributed by atoms with Gasteiger partial charge in [-0.2, -0.15) is 0 Å². The van der Waals surface area contributed by atoms with Gasteiger partial charge in [0.15, 0.2) is 0 Å². The molecule has 1 amide bonds. The lowest BCUT2D eigenvalue weighted by molar-refractivity contribution is -0.114. The van der Waals surface area contributed by atoms with Gasteiger partial charge in [0.1, 0.15) is 0 Å². The molecule has 1 heterocycles. The van der Waals surface area contributed by atoms with Gasteiger partial charge in [-0.3, -0.25) is 9.59 Å². The molecule has 0 N–H and O–H groups in total. The van der Waals surface area contributed by atoms with E-state index in [4.69, 9.17) is 0 Å². The van der Waals surface area contributed by atoms with Crippen molar-refractivity contribution in [3.8, 4) is 0 Å². The van der Waals surface area contributed by atoms with Crippen LogP contribution in [0.5, 0.6) is 0 Å². The molecule has 2 aliphatic carbocycles. The molecule has 3 atom stereocenters. The first-order chi connectivity index (χ1) is 10.0. The fraction of sp³-hybridized carbons (Fsp3) is 0.556. The van der Waals surface area contributed by atoms with Crippen molar-refractivity contribution < 1.29 is 9.59 Å². The summed E-state index contributed by atoms with van der Waals surface area (Å²) in [6, 6.07) is 3.99. The Labute approximate surface area is 125 Å². The SMILES string of the molecule is Cc1cc(C)c2c(c1)N(CC1CC3CCC1C3)C(=O)C2=O. The zero-order valence-electron chi connectivity index (χ0n) is 12.7. The van der Waals surface area contributed by atoms with Crippen molar-refractivity contribution in [1.82, 2.24) is 0 Å². The molecule has 110 valence electrons. The standard InChI is InChI=1S/C18H21NO2/c1-10-5-11(2)16-15(6-10)19(18(21)17(16)20)9-14-8-12-3-4-13(14)7-12/h5-6,12-14H,3-4,7-9H2,1-2H3. The van der Waals surface area contributed by atoms with E-state index in [2.05, 4.69) is 0 Å². The fourth-order valence-corrected chi connectivity index (χ4v) is 4.81. The molecule has 2 bridgehead atoms. The van der Waals surface area contributed by atoms with E-state index in [-0.39, 0.29) is 11.7 Å². The highest BCUT2D eigenvalue weighted by atomic mass is 16.2. The lowest BCUT2D eigenvalue weighted by Crippen LogP contribution is -2.36. The average Bonchev–Trinajstić information content (AvgIpc) is 3.09. The number of anilines is 1. The summed E-state index contributed by atoms with van der Waals surface area (Å²) in [7, 11) is 0. The van der Waals surface area contributed by atoms with Crippen molar-refractivity contribution in [3.63, 3.8) is 0 Å². The van der Waals surface area contributed by atoms with Gasteiger partial charge in [-0.15, -0.1) is 0 Å². The molecule has 3 heteroatoms. The fourth-order valence-electron chi connectivity index (χ4n) is 4.81. The topological polar surface area (TPSA) is 37.4 Å². The summed E-state index contributed by atoms with van der Waals surface area (Å²) in [5, 5.41) is 0. The van der Waals surface area contributed by atoms with Crippen LogP contribution in [0.15, 0.2) is 12.1 Å². The van der Waals surface area contributed by atoms with E-state index in [0.29, 0.717) is 11.5 Å². The van der Waals surface area contributed by atoms with Gasteiger partial charge in [-0.05, 0) is 68.1 Å². The predicted molar refractivity (Wildman–Crippen MR) is 81.5 cm³/mol. The van der Waals surface area contributed by atoms with Crippen LogP contribution in [-0.2, 0) is 4.79 Å². The highest BCUT2D eigenvalue weighted by molar-refractivity contribution is 6.52. The number of benzene rings is 1. The van der Waals surface area contributed by atoms with Crippen LogP contribution >= 0.6 is 0 Å². The van der Waals surface area contributed by atoms with Crippen molar-refractivity contribution in [1.29, 1.82) is 0 Å². The van der Waals surface area contributed by atoms with Gasteiger partial charge in [0.2, 0.25) is 0 Å². The summed E-state index contributed by atoms with van der Waals surface area (Å²) < 4.78 is 0. The zero-order valence-corrected chi connectivity index (χ0v) is 12.7. The van der Waals surface area contributed by atoms with Gasteiger partial charge in [-0.25, -0.2) is 0 Å². The summed E-state index contributed by atoms with van der Waals surface area (Å²) in [6.45, 7) is 4.69. The summed E-state index contributed by atoms with van der Waals surface area (Å²) in [5.41, 5.74) is 3.53. The Morgan fingerprint density at radius 3 is 2.62 bits per heavy atom. The Morgan fingerprint density at radius 2 is 1.95 bits per heavy atom. The van der Waals surface area contributed by atoms with E-state index in [1.807, 2.05) is 26.0 Å². The summed E-state index contributed by atoms with van der Waals surface area (Å²) in [5.74, 6) is 1.60. The maximum atomic E-state index is 12.4. The molecule has 1 aliphatic heterocycles. The number of hydrogen-bond acceptors (Lipinski definition) is 2. The first kappa shape index (κ1) is 13.1. The van der Waals surface area contributed by atoms with Crippen LogP contribution < -0.4 is 4.90 Å². The monoisotopic (exact) mass is 283 g/mol. The molecule has 2 fully saturated rings. The number of nitrogens with zero attached hydrogens (tertiary/aromatic N) is 1. The summed E-state index contributed by atoms with van der Waals surface area (Å²) in [6.07, 6.45) is 5.25. The van der Waals surface area contributed by atoms with Crippen LogP contribution in [0.1, 0.15) is 47.2 Å². The van der Waals surface area contributed by atoms with Crippen LogP contribution in [0, 0.1) is 31.6 Å². The Bertz CT molecular complexity index is 649. The lowest BCUT2D eigenvalue weighted by Gasteiger charge is -2.27. The molecule has 21 heavy (non-hydrogen) atoms. The highest BCUT2D eigenvalue weighted by Crippen LogP contribution is 2.49. The van der Waals surface area contributed by atoms with Gasteiger partial charge in [-0.1, -0.05) is 12.5 Å². The lowest BCUT2D eigenvalue weighted by atomic mass is 9.88. The number of hydrogen-bond donors (Lipinski definition) is 0. The normalized spacial score (nSPS) is 30.4. The maximum Gasteiger partial charge on any atom is 0.299 e. The Hall–Kier alpha value is -1.64. The van der Waals surface area contributed by atoms with Crippen molar-refractivity contribution in [2.24, 2.45) is 17.8 Å². The molecule has 0 radical (unpaired) electrons. The van der Waals surface area contributed by atoms with Gasteiger partial charge in [0, 0.05) is 6.54 Å². The number of amides is 1. The third kappa shape index (κ3) is 1.86. The molecule has 2 saturated carbocycles. The van der Waals surface area contributed by atoms with Gasteiger partial charge in [0.25, 0.3) is 11.7 Å². The second-order valence-corrected chi connectivity index (χ2v) is 7.16. The van der Waals surface area contributed by atoms with Crippen molar-refractivity contribution in [2.45, 2.75) is 39.5 Å². The van der Waals surface area contributed by atoms with Crippen molar-refractivity contribution in [3.05, 3.63) is 28.8 Å². The number of aryl methyl sites for hydroxylation is 2. The molecule has 4 rings (SSSR count). The average molecular weight is 283 g/mol. The summed E-state index contributed by atoms with van der Waals surface area (Å²) in [4.78, 5) is 26.4. The molecule has 3 nitrogen and oxygen atoms in total. The van der Waals surface area contributed by atoms with Gasteiger partial charge >= 0.3 is 0 Å². The Balaban J connectivity index is 1.68. The van der Waals surface area contributed by atoms with E-state index in [1.54, 1.807) is 4.90 Å². The minimum Gasteiger partial charge on any atom is -0.304 e. The van der Waals surface area contributed by atoms with Gasteiger partial charge in [0.05, 0.1) is 11.3 Å². The van der Waals surface area contributed by atoms with E-state index in [9.17, 15) is 9.59 Å². The van der Waals surface area contributed by atoms with Crippen molar-refractivity contribution >= 4 is 17.4 Å². The van der Waals surface area contributed by atoms with Crippen molar-refractivity contribution in [2.75, 3.05) is 11.4 Å². The van der Waals surface area contributed by atoms with E-state index in [1.165, 1.54) is 25.7 Å². The first-order valence-electron chi connectivity index (χ1n) is 8.02. The third-order valence-electron chi connectivity index (χ3n) is 5.72. The Morgan fingerprint density at radius 1 is 1.14 bits per heavy atom. The second-order valence-electron chi connectivity index (χ2n) is 7.16. The third-order valence-corrected chi connectivity index (χ3v) is 5.72. The molecule has 0 spiro atoms. The molecule has 0 aromatic heterocycles. The van der Waals surface area contributed by atoms with Gasteiger partial charge < -0.3 is 4.90 Å². The molecule has 0 saturated heterocycles. The molecule has 3 unspecified atom stereocenters. The van der Waals surface area contributed by atoms with E-state index < -0.39 is 0 Å². The highest BCUT2D eigenvalue weighted by Gasteiger charge is 2.44. The van der Waals surface area contributed by atoms with Crippen LogP contribution in [0.2, 0.25) is 0 Å². The smallest absolute Gasteiger partial charge is 0.299 e. The van der Waals surface area contributed by atoms with E-state index >= 15 is 0 Å². The number of rotatable bonds is 2. The number of Topliss-reactive ketones (excluding diaryl/α,β-unsaturated/α-hetero) is 1. The largest absolute Gasteiger partial charge is 0.304 e. The molecule has 3 aliphatic rings. The van der Waals surface area contributed by atoms with Crippen LogP contribution in [0.25, 0.3) is 0 Å². The second kappa shape index (κ2) is 4.43. The number of fused-ring (bicyclic) bond motifs is 3. The maximum absolute atomic E-state index is 12.4. The van der Waals surface area contributed by atoms with Crippen LogP contribution in [0.3, 0.4) is 0 Å². The van der Waals surface area contributed by atoms with Crippen LogP contribution in [0.4, 0.5) is 5.69 Å². The molecular formula is C18H21NO2. The molecule has 1 aromatic rings. The molecular weight excluding hydrogens is 262 g/mol. The summed E-state index contributed by atoms with van der Waals surface area (Å²) >= 11 is 0. The minimum atomic E-state index is -0.318. The zero-order chi connectivity index (χ0) is 14.7. The number of carbonyl (C=O) groups is 2. The quantitative estimate of drug-likeness (QED) is 0.781. The Kier molecular flexibility index (Phi) is 2.75. The number of ketones is 1. The molecule has 1 aromatic carbocycles.